The van der Waals surface area contributed by atoms with E-state index in [-0.39, 0.29) is 18.0 Å². The molecule has 0 saturated carbocycles. The second kappa shape index (κ2) is 13.7. The topological polar surface area (TPSA) is 78.4 Å². The van der Waals surface area contributed by atoms with Gasteiger partial charge in [-0.1, -0.05) is 57.6 Å². The van der Waals surface area contributed by atoms with E-state index >= 15 is 0 Å². The Morgan fingerprint density at radius 3 is 2.20 bits per heavy atom. The van der Waals surface area contributed by atoms with Crippen molar-refractivity contribution in [2.24, 2.45) is 11.3 Å². The van der Waals surface area contributed by atoms with Crippen molar-refractivity contribution in [3.63, 3.8) is 0 Å². The summed E-state index contributed by atoms with van der Waals surface area (Å²) in [5.41, 5.74) is -3.94. The Morgan fingerprint density at radius 2 is 1.74 bits per heavy atom. The number of hydrogen-bond acceptors (Lipinski definition) is 6. The second-order valence-corrected chi connectivity index (χ2v) is 9.97. The third-order valence-electron chi connectivity index (χ3n) is 4.96. The second-order valence-electron chi connectivity index (χ2n) is 8.44. The standard InChI is InChI=1S/C15H15F3N2O4S.C8H16.C2H2/c1-3-10(2)8-9-23-13-11-6-4-5-7-12(11)19-14(20-13)24-25(21,22)15(16,17)18;1-6-7(2)8(3,4)5;1-2/h3-7H,8-9H2,1-2H3;6-7H,1H2,2-5H3;1-2H/b10-3+;;. The van der Waals surface area contributed by atoms with E-state index in [1.807, 2.05) is 26.0 Å². The van der Waals surface area contributed by atoms with Gasteiger partial charge in [-0.05, 0) is 37.3 Å². The predicted molar refractivity (Wildman–Crippen MR) is 133 cm³/mol. The van der Waals surface area contributed by atoms with E-state index in [0.29, 0.717) is 23.1 Å². The van der Waals surface area contributed by atoms with Crippen molar-refractivity contribution in [2.45, 2.75) is 53.5 Å². The Kier molecular flexibility index (Phi) is 12.5. The van der Waals surface area contributed by atoms with Gasteiger partial charge in [-0.2, -0.15) is 31.6 Å². The maximum atomic E-state index is 12.5. The molecule has 0 aliphatic heterocycles. The lowest BCUT2D eigenvalue weighted by Gasteiger charge is -2.23. The highest BCUT2D eigenvalue weighted by Crippen LogP contribution is 2.29. The maximum absolute atomic E-state index is 12.5. The minimum atomic E-state index is -5.86. The lowest BCUT2D eigenvalue weighted by Crippen LogP contribution is -2.28. The Bertz CT molecular complexity index is 1120. The molecule has 0 saturated heterocycles. The summed E-state index contributed by atoms with van der Waals surface area (Å²) < 4.78 is 69.1. The Hall–Kier alpha value is -3.06. The van der Waals surface area contributed by atoms with Crippen molar-refractivity contribution in [1.29, 1.82) is 0 Å². The van der Waals surface area contributed by atoms with Gasteiger partial charge in [-0.15, -0.1) is 19.4 Å². The van der Waals surface area contributed by atoms with Crippen LogP contribution in [-0.2, 0) is 10.1 Å². The molecule has 10 heteroatoms. The van der Waals surface area contributed by atoms with Crippen LogP contribution < -0.4 is 8.92 Å². The molecule has 1 aromatic heterocycles. The van der Waals surface area contributed by atoms with Gasteiger partial charge in [-0.25, -0.2) is 0 Å². The first kappa shape index (κ1) is 31.9. The summed E-state index contributed by atoms with van der Waals surface area (Å²) in [4.78, 5) is 7.36. The monoisotopic (exact) mass is 514 g/mol. The third-order valence-corrected chi connectivity index (χ3v) is 5.90. The summed E-state index contributed by atoms with van der Waals surface area (Å²) in [6, 6.07) is 5.39. The highest BCUT2D eigenvalue weighted by atomic mass is 32.2. The number of halogens is 3. The molecular weight excluding hydrogens is 481 g/mol. The van der Waals surface area contributed by atoms with Crippen molar-refractivity contribution in [1.82, 2.24) is 9.97 Å². The Balaban J connectivity index is 0.000000982. The van der Waals surface area contributed by atoms with Crippen LogP contribution in [0.25, 0.3) is 10.9 Å². The van der Waals surface area contributed by atoms with Gasteiger partial charge < -0.3 is 8.92 Å². The molecule has 0 amide bonds. The number of alkyl halides is 3. The van der Waals surface area contributed by atoms with Crippen LogP contribution in [0.1, 0.15) is 48.0 Å². The summed E-state index contributed by atoms with van der Waals surface area (Å²) in [5, 5.41) is 0.428. The summed E-state index contributed by atoms with van der Waals surface area (Å²) in [7, 11) is -5.86. The van der Waals surface area contributed by atoms with E-state index in [9.17, 15) is 21.6 Å². The molecule has 1 unspecified atom stereocenters. The van der Waals surface area contributed by atoms with Crippen LogP contribution in [0.15, 0.2) is 48.6 Å². The average Bonchev–Trinajstić information content (AvgIpc) is 2.78. The van der Waals surface area contributed by atoms with E-state index in [4.69, 9.17) is 4.74 Å². The van der Waals surface area contributed by atoms with Gasteiger partial charge in [-0.3, -0.25) is 0 Å². The fraction of sp³-hybridized carbons (Fsp3) is 0.440. The first-order chi connectivity index (χ1) is 16.1. The number of allylic oxidation sites excluding steroid dienone is 2. The van der Waals surface area contributed by atoms with Crippen LogP contribution in [-0.4, -0.2) is 30.5 Å². The molecule has 0 aliphatic carbocycles. The number of aromatic nitrogens is 2. The summed E-state index contributed by atoms with van der Waals surface area (Å²) in [5.74, 6) is 0.560. The molecule has 1 heterocycles. The molecule has 0 N–H and O–H groups in total. The number of para-hydroxylation sites is 1. The molecule has 1 aromatic carbocycles. The summed E-state index contributed by atoms with van der Waals surface area (Å²) in [6.07, 6.45) is 12.5. The fourth-order valence-electron chi connectivity index (χ4n) is 2.13. The van der Waals surface area contributed by atoms with Crippen LogP contribution in [0.3, 0.4) is 0 Å². The van der Waals surface area contributed by atoms with Gasteiger partial charge in [0.2, 0.25) is 5.88 Å². The number of rotatable bonds is 7. The van der Waals surface area contributed by atoms with Gasteiger partial charge in [0.15, 0.2) is 0 Å². The van der Waals surface area contributed by atoms with E-state index in [1.54, 1.807) is 18.2 Å². The molecule has 194 valence electrons. The number of nitrogens with zero attached hydrogens (tertiary/aromatic N) is 2. The van der Waals surface area contributed by atoms with Crippen LogP contribution in [0.5, 0.6) is 11.9 Å². The highest BCUT2D eigenvalue weighted by Gasteiger charge is 2.49. The average molecular weight is 515 g/mol. The highest BCUT2D eigenvalue weighted by molar-refractivity contribution is 7.87. The largest absolute Gasteiger partial charge is 0.534 e. The van der Waals surface area contributed by atoms with E-state index < -0.39 is 21.6 Å². The Morgan fingerprint density at radius 1 is 1.17 bits per heavy atom. The zero-order chi connectivity index (χ0) is 27.4. The quantitative estimate of drug-likeness (QED) is 0.177. The predicted octanol–water partition coefficient (Wildman–Crippen LogP) is 6.70. The minimum absolute atomic E-state index is 0.0538. The molecule has 2 aromatic rings. The van der Waals surface area contributed by atoms with Crippen LogP contribution in [0.4, 0.5) is 13.2 Å². The van der Waals surface area contributed by atoms with Crippen LogP contribution in [0, 0.1) is 24.2 Å². The smallest absolute Gasteiger partial charge is 0.477 e. The van der Waals surface area contributed by atoms with Gasteiger partial charge in [0, 0.05) is 6.42 Å². The van der Waals surface area contributed by atoms with Crippen molar-refractivity contribution in [2.75, 3.05) is 6.61 Å². The number of benzene rings is 1. The van der Waals surface area contributed by atoms with Gasteiger partial charge in [0.1, 0.15) is 0 Å². The zero-order valence-corrected chi connectivity index (χ0v) is 21.7. The number of fused-ring (bicyclic) bond motifs is 1. The minimum Gasteiger partial charge on any atom is -0.477 e. The van der Waals surface area contributed by atoms with E-state index in [2.05, 4.69) is 61.3 Å². The molecule has 0 aliphatic rings. The SMILES string of the molecule is C#C.C/C=C(\C)CCOc1nc(OS(=O)(=O)C(F)(F)F)nc2ccccc12.C=CC(C)C(C)(C)C. The first-order valence-corrected chi connectivity index (χ1v) is 12.0. The molecule has 0 fully saturated rings. The molecule has 0 bridgehead atoms. The lowest BCUT2D eigenvalue weighted by molar-refractivity contribution is -0.0502. The number of hydrogen-bond donors (Lipinski definition) is 0. The lowest BCUT2D eigenvalue weighted by atomic mass is 9.82. The van der Waals surface area contributed by atoms with Gasteiger partial charge in [0.05, 0.1) is 17.5 Å². The molecule has 35 heavy (non-hydrogen) atoms. The number of terminal acetylenes is 1. The van der Waals surface area contributed by atoms with Crippen LogP contribution >= 0.6 is 0 Å². The summed E-state index contributed by atoms with van der Waals surface area (Å²) in [6.45, 7) is 16.5. The zero-order valence-electron chi connectivity index (χ0n) is 20.9. The van der Waals surface area contributed by atoms with Gasteiger partial charge >= 0.3 is 21.6 Å². The fourth-order valence-corrected chi connectivity index (χ4v) is 2.49. The third kappa shape index (κ3) is 10.4. The van der Waals surface area contributed by atoms with Crippen molar-refractivity contribution in [3.8, 4) is 24.7 Å². The van der Waals surface area contributed by atoms with Crippen molar-refractivity contribution < 1.29 is 30.5 Å². The normalized spacial score (nSPS) is 12.9. The van der Waals surface area contributed by atoms with Crippen molar-refractivity contribution >= 4 is 21.0 Å². The molecule has 6 nitrogen and oxygen atoms in total. The van der Waals surface area contributed by atoms with E-state index in [0.717, 1.165) is 5.57 Å². The van der Waals surface area contributed by atoms with E-state index in [1.165, 1.54) is 6.07 Å². The maximum Gasteiger partial charge on any atom is 0.534 e. The molecular formula is C25H33F3N2O4S. The van der Waals surface area contributed by atoms with Crippen LogP contribution in [0.2, 0.25) is 0 Å². The molecule has 0 radical (unpaired) electrons. The van der Waals surface area contributed by atoms with Gasteiger partial charge in [0.25, 0.3) is 0 Å². The number of ether oxygens (including phenoxy) is 1. The summed E-state index contributed by atoms with van der Waals surface area (Å²) >= 11 is 0. The molecule has 2 rings (SSSR count). The first-order valence-electron chi connectivity index (χ1n) is 10.6. The van der Waals surface area contributed by atoms with Crippen molar-refractivity contribution in [3.05, 3.63) is 48.6 Å². The molecule has 0 spiro atoms. The Labute approximate surface area is 206 Å². The molecule has 1 atom stereocenters.